The molecule has 0 atom stereocenters. The molecule has 6 nitrogen and oxygen atoms in total. The molecule has 1 aromatic heterocycles. The van der Waals surface area contributed by atoms with Crippen LogP contribution in [-0.4, -0.2) is 38.3 Å². The zero-order valence-corrected chi connectivity index (χ0v) is 13.3. The van der Waals surface area contributed by atoms with Crippen LogP contribution in [0, 0.1) is 0 Å². The van der Waals surface area contributed by atoms with Crippen molar-refractivity contribution in [3.05, 3.63) is 48.2 Å². The van der Waals surface area contributed by atoms with E-state index in [-0.39, 0.29) is 5.91 Å². The number of amides is 1. The Hall–Kier alpha value is -2.60. The second kappa shape index (κ2) is 8.75. The summed E-state index contributed by atoms with van der Waals surface area (Å²) in [4.78, 5) is 16.2. The molecule has 0 saturated carbocycles. The van der Waals surface area contributed by atoms with E-state index in [2.05, 4.69) is 15.6 Å². The average Bonchev–Trinajstić information content (AvgIpc) is 2.59. The van der Waals surface area contributed by atoms with E-state index in [9.17, 15) is 4.79 Å². The molecule has 2 rings (SSSR count). The van der Waals surface area contributed by atoms with Crippen LogP contribution in [0.4, 0.5) is 11.5 Å². The largest absolute Gasteiger partial charge is 0.495 e. The van der Waals surface area contributed by atoms with Crippen molar-refractivity contribution in [1.82, 2.24) is 10.3 Å². The number of ether oxygens (including phenoxy) is 2. The third kappa shape index (κ3) is 4.96. The van der Waals surface area contributed by atoms with Gasteiger partial charge in [-0.15, -0.1) is 0 Å². The molecule has 0 fully saturated rings. The molecule has 0 spiro atoms. The number of para-hydroxylation sites is 2. The monoisotopic (exact) mass is 315 g/mol. The predicted molar refractivity (Wildman–Crippen MR) is 89.3 cm³/mol. The fraction of sp³-hybridized carbons (Fsp3) is 0.294. The first kappa shape index (κ1) is 16.8. The number of carbonyl (C=O) groups excluding carboxylic acids is 1. The van der Waals surface area contributed by atoms with E-state index in [0.717, 1.165) is 17.9 Å². The maximum Gasteiger partial charge on any atom is 0.252 e. The van der Waals surface area contributed by atoms with Crippen molar-refractivity contribution in [2.45, 2.75) is 6.42 Å². The topological polar surface area (TPSA) is 72.5 Å². The fourth-order valence-corrected chi connectivity index (χ4v) is 2.01. The van der Waals surface area contributed by atoms with Gasteiger partial charge in [0.1, 0.15) is 11.6 Å². The van der Waals surface area contributed by atoms with E-state index in [0.29, 0.717) is 24.5 Å². The van der Waals surface area contributed by atoms with Crippen LogP contribution in [0.3, 0.4) is 0 Å². The summed E-state index contributed by atoms with van der Waals surface area (Å²) in [5, 5.41) is 5.99. The summed E-state index contributed by atoms with van der Waals surface area (Å²) < 4.78 is 10.2. The van der Waals surface area contributed by atoms with Crippen molar-refractivity contribution < 1.29 is 14.3 Å². The number of rotatable bonds is 8. The smallest absolute Gasteiger partial charge is 0.252 e. The number of nitrogens with zero attached hydrogens (tertiary/aromatic N) is 1. The Balaban J connectivity index is 1.95. The predicted octanol–water partition coefficient (Wildman–Crippen LogP) is 2.60. The fourth-order valence-electron chi connectivity index (χ4n) is 2.01. The Morgan fingerprint density at radius 2 is 2.00 bits per heavy atom. The van der Waals surface area contributed by atoms with Crippen LogP contribution in [0.1, 0.15) is 16.8 Å². The lowest BCUT2D eigenvalue weighted by molar-refractivity contribution is 0.0948. The normalized spacial score (nSPS) is 10.2. The molecule has 2 N–H and O–H groups in total. The highest BCUT2D eigenvalue weighted by molar-refractivity contribution is 5.94. The first-order valence-electron chi connectivity index (χ1n) is 7.38. The molecule has 2 aromatic rings. The SMILES string of the molecule is COCCCNC(=O)c1ccc(Nc2ccccc2OC)nc1. The third-order valence-electron chi connectivity index (χ3n) is 3.21. The molecule has 0 saturated heterocycles. The standard InChI is InChI=1S/C17H21N3O3/c1-22-11-5-10-18-17(21)13-8-9-16(19-12-13)20-14-6-3-4-7-15(14)23-2/h3-4,6-9,12H,5,10-11H2,1-2H3,(H,18,21)(H,19,20). The average molecular weight is 315 g/mol. The van der Waals surface area contributed by atoms with Gasteiger partial charge in [-0.2, -0.15) is 0 Å². The summed E-state index contributed by atoms with van der Waals surface area (Å²) >= 11 is 0. The lowest BCUT2D eigenvalue weighted by atomic mass is 10.2. The van der Waals surface area contributed by atoms with Crippen molar-refractivity contribution in [2.75, 3.05) is 32.7 Å². The van der Waals surface area contributed by atoms with Gasteiger partial charge in [-0.05, 0) is 30.7 Å². The van der Waals surface area contributed by atoms with E-state index in [1.807, 2.05) is 24.3 Å². The van der Waals surface area contributed by atoms with E-state index < -0.39 is 0 Å². The molecule has 0 aliphatic heterocycles. The van der Waals surface area contributed by atoms with Gasteiger partial charge < -0.3 is 20.1 Å². The quantitative estimate of drug-likeness (QED) is 0.733. The molecule has 0 aliphatic rings. The number of carbonyl (C=O) groups is 1. The van der Waals surface area contributed by atoms with Gasteiger partial charge in [0.25, 0.3) is 5.91 Å². The maximum atomic E-state index is 11.9. The first-order valence-corrected chi connectivity index (χ1v) is 7.38. The highest BCUT2D eigenvalue weighted by atomic mass is 16.5. The van der Waals surface area contributed by atoms with Crippen molar-refractivity contribution in [1.29, 1.82) is 0 Å². The molecule has 23 heavy (non-hydrogen) atoms. The zero-order valence-electron chi connectivity index (χ0n) is 13.3. The molecular formula is C17H21N3O3. The summed E-state index contributed by atoms with van der Waals surface area (Å²) in [6.45, 7) is 1.20. The van der Waals surface area contributed by atoms with Crippen LogP contribution in [0.2, 0.25) is 0 Å². The molecule has 1 amide bonds. The molecule has 0 bridgehead atoms. The van der Waals surface area contributed by atoms with E-state index in [1.165, 1.54) is 0 Å². The van der Waals surface area contributed by atoms with Crippen molar-refractivity contribution in [3.63, 3.8) is 0 Å². The van der Waals surface area contributed by atoms with Gasteiger partial charge in [-0.3, -0.25) is 4.79 Å². The Morgan fingerprint density at radius 1 is 1.17 bits per heavy atom. The minimum atomic E-state index is -0.141. The number of methoxy groups -OCH3 is 2. The van der Waals surface area contributed by atoms with Crippen LogP contribution >= 0.6 is 0 Å². The van der Waals surface area contributed by atoms with Gasteiger partial charge in [0, 0.05) is 26.5 Å². The van der Waals surface area contributed by atoms with Crippen LogP contribution < -0.4 is 15.4 Å². The number of benzene rings is 1. The molecule has 6 heteroatoms. The second-order valence-corrected chi connectivity index (χ2v) is 4.86. The highest BCUT2D eigenvalue weighted by Gasteiger charge is 2.07. The third-order valence-corrected chi connectivity index (χ3v) is 3.21. The molecule has 122 valence electrons. The number of hydrogen-bond acceptors (Lipinski definition) is 5. The molecule has 1 heterocycles. The number of aromatic nitrogens is 1. The van der Waals surface area contributed by atoms with E-state index >= 15 is 0 Å². The van der Waals surface area contributed by atoms with Crippen LogP contribution in [0.25, 0.3) is 0 Å². The van der Waals surface area contributed by atoms with Gasteiger partial charge in [-0.25, -0.2) is 4.98 Å². The summed E-state index contributed by atoms with van der Waals surface area (Å²) in [5.41, 5.74) is 1.34. The van der Waals surface area contributed by atoms with Crippen molar-refractivity contribution >= 4 is 17.4 Å². The highest BCUT2D eigenvalue weighted by Crippen LogP contribution is 2.25. The maximum absolute atomic E-state index is 11.9. The molecule has 0 unspecified atom stereocenters. The minimum absolute atomic E-state index is 0.141. The Labute approximate surface area is 135 Å². The molecule has 1 aromatic carbocycles. The first-order chi connectivity index (χ1) is 11.2. The van der Waals surface area contributed by atoms with Crippen LogP contribution in [-0.2, 0) is 4.74 Å². The van der Waals surface area contributed by atoms with E-state index in [4.69, 9.17) is 9.47 Å². The van der Waals surface area contributed by atoms with Crippen LogP contribution in [0.5, 0.6) is 5.75 Å². The summed E-state index contributed by atoms with van der Waals surface area (Å²) in [5.74, 6) is 1.23. The molecule has 0 radical (unpaired) electrons. The summed E-state index contributed by atoms with van der Waals surface area (Å²) in [6, 6.07) is 11.1. The van der Waals surface area contributed by atoms with Crippen molar-refractivity contribution in [2.24, 2.45) is 0 Å². The number of pyridine rings is 1. The Morgan fingerprint density at radius 3 is 2.70 bits per heavy atom. The minimum Gasteiger partial charge on any atom is -0.495 e. The van der Waals surface area contributed by atoms with Gasteiger partial charge in [-0.1, -0.05) is 12.1 Å². The lowest BCUT2D eigenvalue weighted by Gasteiger charge is -2.10. The second-order valence-electron chi connectivity index (χ2n) is 4.86. The van der Waals surface area contributed by atoms with E-state index in [1.54, 1.807) is 32.5 Å². The lowest BCUT2D eigenvalue weighted by Crippen LogP contribution is -2.25. The molecular weight excluding hydrogens is 294 g/mol. The van der Waals surface area contributed by atoms with Gasteiger partial charge in [0.05, 0.1) is 18.4 Å². The van der Waals surface area contributed by atoms with Gasteiger partial charge in [0.2, 0.25) is 0 Å². The number of hydrogen-bond donors (Lipinski definition) is 2. The summed E-state index contributed by atoms with van der Waals surface area (Å²) in [6.07, 6.45) is 2.33. The Kier molecular flexibility index (Phi) is 6.38. The zero-order chi connectivity index (χ0) is 16.5. The summed E-state index contributed by atoms with van der Waals surface area (Å²) in [7, 11) is 3.25. The van der Waals surface area contributed by atoms with Crippen LogP contribution in [0.15, 0.2) is 42.6 Å². The van der Waals surface area contributed by atoms with Gasteiger partial charge >= 0.3 is 0 Å². The number of anilines is 2. The molecule has 0 aliphatic carbocycles. The number of nitrogens with one attached hydrogen (secondary N) is 2. The van der Waals surface area contributed by atoms with Gasteiger partial charge in [0.15, 0.2) is 0 Å². The Bertz CT molecular complexity index is 629. The van der Waals surface area contributed by atoms with Crippen molar-refractivity contribution in [3.8, 4) is 5.75 Å².